The van der Waals surface area contributed by atoms with Crippen LogP contribution in [0, 0.1) is 5.82 Å². The summed E-state index contributed by atoms with van der Waals surface area (Å²) >= 11 is 7.86. The van der Waals surface area contributed by atoms with Gasteiger partial charge in [-0.15, -0.1) is 0 Å². The second-order valence-electron chi connectivity index (χ2n) is 4.26. The standard InChI is InChI=1S/C13H10ClF3INO/c14-9-5-7(15)1-2-8(9)11-4-3-10(18)13(20)19(11)6-12(16)17/h1-2,4-5,10,12H,3,6H2. The monoisotopic (exact) mass is 415 g/mol. The first-order valence-electron chi connectivity index (χ1n) is 5.79. The van der Waals surface area contributed by atoms with Crippen LogP contribution in [0.3, 0.4) is 0 Å². The van der Waals surface area contributed by atoms with Gasteiger partial charge in [0, 0.05) is 11.3 Å². The van der Waals surface area contributed by atoms with Gasteiger partial charge in [-0.1, -0.05) is 40.3 Å². The molecule has 1 amide bonds. The van der Waals surface area contributed by atoms with Crippen LogP contribution in [0.5, 0.6) is 0 Å². The molecule has 0 N–H and O–H groups in total. The van der Waals surface area contributed by atoms with Crippen LogP contribution in [0.25, 0.3) is 5.70 Å². The van der Waals surface area contributed by atoms with Crippen LogP contribution in [-0.4, -0.2) is 27.7 Å². The van der Waals surface area contributed by atoms with Crippen molar-refractivity contribution >= 4 is 45.8 Å². The van der Waals surface area contributed by atoms with Gasteiger partial charge < -0.3 is 4.90 Å². The molecular formula is C13H10ClF3INO. The normalized spacial score (nSPS) is 19.5. The summed E-state index contributed by atoms with van der Waals surface area (Å²) in [6, 6.07) is 3.67. The minimum atomic E-state index is -2.65. The lowest BCUT2D eigenvalue weighted by Crippen LogP contribution is -2.40. The van der Waals surface area contributed by atoms with Crippen molar-refractivity contribution in [3.8, 4) is 0 Å². The molecule has 1 aliphatic heterocycles. The SMILES string of the molecule is O=C1C(I)CC=C(c2ccc(F)cc2Cl)N1CC(F)F. The zero-order valence-corrected chi connectivity index (χ0v) is 13.0. The first-order valence-corrected chi connectivity index (χ1v) is 7.41. The summed E-state index contributed by atoms with van der Waals surface area (Å²) in [5.41, 5.74) is 0.693. The van der Waals surface area contributed by atoms with Gasteiger partial charge in [0.05, 0.1) is 15.5 Å². The van der Waals surface area contributed by atoms with Crippen molar-refractivity contribution in [3.05, 3.63) is 40.7 Å². The Balaban J connectivity index is 2.43. The highest BCUT2D eigenvalue weighted by Crippen LogP contribution is 2.33. The summed E-state index contributed by atoms with van der Waals surface area (Å²) in [5, 5.41) is 0.0928. The maximum atomic E-state index is 13.1. The molecule has 2 nitrogen and oxygen atoms in total. The Morgan fingerprint density at radius 3 is 2.75 bits per heavy atom. The largest absolute Gasteiger partial charge is 0.305 e. The third kappa shape index (κ3) is 3.28. The molecule has 1 aromatic carbocycles. The Morgan fingerprint density at radius 2 is 2.15 bits per heavy atom. The van der Waals surface area contributed by atoms with E-state index in [4.69, 9.17) is 11.6 Å². The van der Waals surface area contributed by atoms with E-state index in [-0.39, 0.29) is 14.9 Å². The lowest BCUT2D eigenvalue weighted by Gasteiger charge is -2.31. The van der Waals surface area contributed by atoms with E-state index in [2.05, 4.69) is 0 Å². The number of halogens is 5. The maximum Gasteiger partial charge on any atom is 0.256 e. The highest BCUT2D eigenvalue weighted by atomic mass is 127. The summed E-state index contributed by atoms with van der Waals surface area (Å²) in [6.45, 7) is -0.697. The van der Waals surface area contributed by atoms with Crippen LogP contribution in [0.1, 0.15) is 12.0 Å². The molecule has 7 heteroatoms. The van der Waals surface area contributed by atoms with Gasteiger partial charge in [-0.2, -0.15) is 0 Å². The average molecular weight is 416 g/mol. The van der Waals surface area contributed by atoms with E-state index < -0.39 is 18.8 Å². The van der Waals surface area contributed by atoms with Gasteiger partial charge in [-0.05, 0) is 24.6 Å². The summed E-state index contributed by atoms with van der Waals surface area (Å²) in [4.78, 5) is 13.1. The number of hydrogen-bond donors (Lipinski definition) is 0. The van der Waals surface area contributed by atoms with Gasteiger partial charge in [0.15, 0.2) is 0 Å². The van der Waals surface area contributed by atoms with Crippen molar-refractivity contribution < 1.29 is 18.0 Å². The number of allylic oxidation sites excluding steroid dienone is 1. The molecule has 2 rings (SSSR count). The van der Waals surface area contributed by atoms with E-state index in [0.717, 1.165) is 11.0 Å². The van der Waals surface area contributed by atoms with Gasteiger partial charge >= 0.3 is 0 Å². The topological polar surface area (TPSA) is 20.3 Å². The molecule has 0 aliphatic carbocycles. The highest BCUT2D eigenvalue weighted by molar-refractivity contribution is 14.1. The molecule has 1 aliphatic rings. The Hall–Kier alpha value is -0.760. The van der Waals surface area contributed by atoms with Gasteiger partial charge in [0.25, 0.3) is 6.43 Å². The van der Waals surface area contributed by atoms with Crippen LogP contribution in [0.4, 0.5) is 13.2 Å². The first-order chi connectivity index (χ1) is 9.40. The summed E-state index contributed by atoms with van der Waals surface area (Å²) in [7, 11) is 0. The number of rotatable bonds is 3. The number of amides is 1. The fraction of sp³-hybridized carbons (Fsp3) is 0.308. The molecule has 0 spiro atoms. The third-order valence-corrected chi connectivity index (χ3v) is 4.22. The molecule has 0 saturated carbocycles. The van der Waals surface area contributed by atoms with Crippen molar-refractivity contribution in [2.75, 3.05) is 6.54 Å². The molecule has 0 saturated heterocycles. The van der Waals surface area contributed by atoms with E-state index in [1.807, 2.05) is 22.6 Å². The fourth-order valence-electron chi connectivity index (χ4n) is 1.99. The number of hydrogen-bond acceptors (Lipinski definition) is 1. The van der Waals surface area contributed by atoms with Crippen molar-refractivity contribution in [3.63, 3.8) is 0 Å². The predicted molar refractivity (Wildman–Crippen MR) is 79.5 cm³/mol. The molecule has 1 unspecified atom stereocenters. The molecule has 1 heterocycles. The zero-order chi connectivity index (χ0) is 14.9. The van der Waals surface area contributed by atoms with E-state index in [1.54, 1.807) is 6.08 Å². The molecule has 20 heavy (non-hydrogen) atoms. The number of carbonyl (C=O) groups excluding carboxylic acids is 1. The van der Waals surface area contributed by atoms with Crippen molar-refractivity contribution in [2.24, 2.45) is 0 Å². The Bertz CT molecular complexity index is 565. The minimum Gasteiger partial charge on any atom is -0.305 e. The summed E-state index contributed by atoms with van der Waals surface area (Å²) < 4.78 is 38.0. The molecular weight excluding hydrogens is 406 g/mol. The van der Waals surface area contributed by atoms with Crippen LogP contribution in [0.15, 0.2) is 24.3 Å². The predicted octanol–water partition coefficient (Wildman–Crippen LogP) is 4.12. The smallest absolute Gasteiger partial charge is 0.256 e. The van der Waals surface area contributed by atoms with Gasteiger partial charge in [-0.25, -0.2) is 13.2 Å². The number of carbonyl (C=O) groups is 1. The highest BCUT2D eigenvalue weighted by Gasteiger charge is 2.31. The molecule has 108 valence electrons. The average Bonchev–Trinajstić information content (AvgIpc) is 2.36. The van der Waals surface area contributed by atoms with Crippen LogP contribution in [0.2, 0.25) is 5.02 Å². The minimum absolute atomic E-state index is 0.0928. The second-order valence-corrected chi connectivity index (χ2v) is 6.17. The number of nitrogens with zero attached hydrogens (tertiary/aromatic N) is 1. The maximum absolute atomic E-state index is 13.1. The zero-order valence-electron chi connectivity index (χ0n) is 10.1. The molecule has 1 atom stereocenters. The number of benzene rings is 1. The summed E-state index contributed by atoms with van der Waals surface area (Å²) in [5.74, 6) is -0.905. The van der Waals surface area contributed by atoms with E-state index in [0.29, 0.717) is 17.7 Å². The lowest BCUT2D eigenvalue weighted by molar-refractivity contribution is -0.128. The van der Waals surface area contributed by atoms with E-state index >= 15 is 0 Å². The fourth-order valence-corrected chi connectivity index (χ4v) is 2.85. The van der Waals surface area contributed by atoms with Gasteiger partial charge in [0.1, 0.15) is 5.82 Å². The Morgan fingerprint density at radius 1 is 1.45 bits per heavy atom. The molecule has 1 aromatic rings. The van der Waals surface area contributed by atoms with E-state index in [9.17, 15) is 18.0 Å². The van der Waals surface area contributed by atoms with Gasteiger partial charge in [-0.3, -0.25) is 4.79 Å². The summed E-state index contributed by atoms with van der Waals surface area (Å²) in [6.07, 6.45) is -0.536. The van der Waals surface area contributed by atoms with Crippen LogP contribution < -0.4 is 0 Å². The van der Waals surface area contributed by atoms with Crippen molar-refractivity contribution in [2.45, 2.75) is 16.8 Å². The Labute approximate surface area is 132 Å². The third-order valence-electron chi connectivity index (χ3n) is 2.87. The van der Waals surface area contributed by atoms with Crippen LogP contribution in [-0.2, 0) is 4.79 Å². The van der Waals surface area contributed by atoms with Gasteiger partial charge in [0.2, 0.25) is 5.91 Å². The lowest BCUT2D eigenvalue weighted by atomic mass is 10.0. The molecule has 0 aromatic heterocycles. The second kappa shape index (κ2) is 6.34. The quantitative estimate of drug-likeness (QED) is 0.537. The molecule has 0 fully saturated rings. The molecule has 0 radical (unpaired) electrons. The van der Waals surface area contributed by atoms with E-state index in [1.165, 1.54) is 12.1 Å². The Kier molecular flexibility index (Phi) is 4.95. The molecule has 0 bridgehead atoms. The number of alkyl halides is 3. The van der Waals surface area contributed by atoms with Crippen molar-refractivity contribution in [1.29, 1.82) is 0 Å². The first kappa shape index (κ1) is 15.6. The van der Waals surface area contributed by atoms with Crippen LogP contribution >= 0.6 is 34.2 Å². The van der Waals surface area contributed by atoms with Crippen molar-refractivity contribution in [1.82, 2.24) is 4.90 Å².